The first kappa shape index (κ1) is 24.7. The van der Waals surface area contributed by atoms with Crippen molar-refractivity contribution in [3.8, 4) is 5.75 Å². The Morgan fingerprint density at radius 2 is 1.71 bits per heavy atom. The van der Waals surface area contributed by atoms with E-state index in [1.54, 1.807) is 6.07 Å². The molecule has 2 rings (SSSR count). The summed E-state index contributed by atoms with van der Waals surface area (Å²) in [7, 11) is 0. The number of halogens is 2. The normalized spacial score (nSPS) is 12.3. The highest BCUT2D eigenvalue weighted by molar-refractivity contribution is 6.42. The van der Waals surface area contributed by atoms with Crippen molar-refractivity contribution in [2.45, 2.75) is 33.7 Å². The van der Waals surface area contributed by atoms with Gasteiger partial charge in [-0.2, -0.15) is 5.10 Å². The summed E-state index contributed by atoms with van der Waals surface area (Å²) >= 11 is 11.9. The molecule has 8 heteroatoms. The number of nitrogens with one attached hydrogen (secondary N) is 2. The van der Waals surface area contributed by atoms with Gasteiger partial charge in [-0.1, -0.05) is 50.9 Å². The number of nitrogens with zero attached hydrogens (tertiary/aromatic N) is 1. The van der Waals surface area contributed by atoms with Crippen molar-refractivity contribution < 1.29 is 14.3 Å². The monoisotopic (exact) mass is 463 g/mol. The van der Waals surface area contributed by atoms with Crippen LogP contribution in [-0.2, 0) is 4.79 Å². The second-order valence-corrected chi connectivity index (χ2v) is 8.65. The van der Waals surface area contributed by atoms with E-state index in [0.717, 1.165) is 11.3 Å². The summed E-state index contributed by atoms with van der Waals surface area (Å²) < 4.78 is 5.64. The minimum atomic E-state index is -0.772. The highest BCUT2D eigenvalue weighted by Crippen LogP contribution is 2.22. The second kappa shape index (κ2) is 11.7. The van der Waals surface area contributed by atoms with Crippen LogP contribution in [0.3, 0.4) is 0 Å². The second-order valence-electron chi connectivity index (χ2n) is 7.83. The van der Waals surface area contributed by atoms with Crippen molar-refractivity contribution in [2.24, 2.45) is 16.9 Å². The SMILES string of the molecule is CC(C)COc1ccc(C=NNC(=O)C(NC(=O)c2ccc(Cl)c(Cl)c2)C(C)C)cc1. The zero-order chi connectivity index (χ0) is 23.0. The summed E-state index contributed by atoms with van der Waals surface area (Å²) in [6.45, 7) is 8.48. The van der Waals surface area contributed by atoms with Crippen molar-refractivity contribution in [1.82, 2.24) is 10.7 Å². The van der Waals surface area contributed by atoms with Crippen molar-refractivity contribution >= 4 is 41.2 Å². The molecule has 0 aliphatic rings. The van der Waals surface area contributed by atoms with Crippen molar-refractivity contribution in [3.05, 3.63) is 63.6 Å². The van der Waals surface area contributed by atoms with Gasteiger partial charge in [0.05, 0.1) is 22.9 Å². The zero-order valence-corrected chi connectivity index (χ0v) is 19.5. The lowest BCUT2D eigenvalue weighted by molar-refractivity contribution is -0.123. The molecule has 1 unspecified atom stereocenters. The van der Waals surface area contributed by atoms with Crippen molar-refractivity contribution in [1.29, 1.82) is 0 Å². The lowest BCUT2D eigenvalue weighted by Crippen LogP contribution is -2.48. The van der Waals surface area contributed by atoms with Crippen LogP contribution in [0.15, 0.2) is 47.6 Å². The van der Waals surface area contributed by atoms with Crippen LogP contribution in [0.2, 0.25) is 10.0 Å². The van der Waals surface area contributed by atoms with E-state index in [9.17, 15) is 9.59 Å². The standard InChI is InChI=1S/C23H27Cl2N3O3/c1-14(2)13-31-18-8-5-16(6-9-18)12-26-28-23(30)21(15(3)4)27-22(29)17-7-10-19(24)20(25)11-17/h5-12,14-15,21H,13H2,1-4H3,(H,27,29)(H,28,30). The fraction of sp³-hybridized carbons (Fsp3) is 0.348. The maximum atomic E-state index is 12.6. The quantitative estimate of drug-likeness (QED) is 0.408. The molecule has 0 bridgehead atoms. The van der Waals surface area contributed by atoms with Crippen LogP contribution in [0.4, 0.5) is 0 Å². The smallest absolute Gasteiger partial charge is 0.262 e. The number of amides is 2. The van der Waals surface area contributed by atoms with E-state index in [2.05, 4.69) is 29.7 Å². The third kappa shape index (κ3) is 7.89. The molecule has 2 N–H and O–H groups in total. The molecule has 0 saturated carbocycles. The highest BCUT2D eigenvalue weighted by atomic mass is 35.5. The summed E-state index contributed by atoms with van der Waals surface area (Å²) in [5.41, 5.74) is 3.60. The summed E-state index contributed by atoms with van der Waals surface area (Å²) in [4.78, 5) is 25.1. The predicted octanol–water partition coefficient (Wildman–Crippen LogP) is 4.93. The van der Waals surface area contributed by atoms with Gasteiger partial charge in [-0.15, -0.1) is 0 Å². The number of hydrogen-bond acceptors (Lipinski definition) is 4. The van der Waals surface area contributed by atoms with Crippen LogP contribution in [0, 0.1) is 11.8 Å². The molecule has 0 saturated heterocycles. The van der Waals surface area contributed by atoms with Crippen LogP contribution in [0.25, 0.3) is 0 Å². The Hall–Kier alpha value is -2.57. The van der Waals surface area contributed by atoms with Crippen molar-refractivity contribution in [2.75, 3.05) is 6.61 Å². The minimum absolute atomic E-state index is 0.153. The Morgan fingerprint density at radius 1 is 1.03 bits per heavy atom. The summed E-state index contributed by atoms with van der Waals surface area (Å²) in [6, 6.07) is 11.2. The highest BCUT2D eigenvalue weighted by Gasteiger charge is 2.24. The Kier molecular flexibility index (Phi) is 9.34. The van der Waals surface area contributed by atoms with Gasteiger partial charge in [0, 0.05) is 5.56 Å². The topological polar surface area (TPSA) is 79.8 Å². The zero-order valence-electron chi connectivity index (χ0n) is 18.0. The Bertz CT molecular complexity index is 928. The molecule has 0 fully saturated rings. The molecule has 2 aromatic carbocycles. The molecule has 0 heterocycles. The molecular formula is C23H27Cl2N3O3. The first-order valence-corrected chi connectivity index (χ1v) is 10.7. The number of benzene rings is 2. The first-order valence-electron chi connectivity index (χ1n) is 9.99. The van der Waals surface area contributed by atoms with Gasteiger partial charge < -0.3 is 10.1 Å². The molecule has 2 amide bonds. The van der Waals surface area contributed by atoms with E-state index in [1.165, 1.54) is 18.3 Å². The van der Waals surface area contributed by atoms with Crippen LogP contribution in [0.1, 0.15) is 43.6 Å². The molecule has 2 aromatic rings. The molecule has 0 aliphatic carbocycles. The van der Waals surface area contributed by atoms with E-state index in [1.807, 2.05) is 38.1 Å². The van der Waals surface area contributed by atoms with Crippen LogP contribution in [-0.4, -0.2) is 30.7 Å². The van der Waals surface area contributed by atoms with E-state index in [-0.39, 0.29) is 10.9 Å². The number of rotatable bonds is 9. The number of ether oxygens (including phenoxy) is 1. The number of hydrazone groups is 1. The molecule has 31 heavy (non-hydrogen) atoms. The number of carbonyl (C=O) groups excluding carboxylic acids is 2. The largest absolute Gasteiger partial charge is 0.493 e. The third-order valence-corrected chi connectivity index (χ3v) is 5.01. The molecule has 166 valence electrons. The van der Waals surface area contributed by atoms with Crippen LogP contribution in [0.5, 0.6) is 5.75 Å². The fourth-order valence-corrected chi connectivity index (χ4v) is 2.85. The Balaban J connectivity index is 1.95. The molecule has 6 nitrogen and oxygen atoms in total. The first-order chi connectivity index (χ1) is 14.7. The molecule has 0 radical (unpaired) electrons. The summed E-state index contributed by atoms with van der Waals surface area (Å²) in [5, 5.41) is 7.34. The minimum Gasteiger partial charge on any atom is -0.493 e. The molecule has 0 spiro atoms. The molecule has 0 aromatic heterocycles. The van der Waals surface area contributed by atoms with Gasteiger partial charge in [0.2, 0.25) is 0 Å². The maximum absolute atomic E-state index is 12.6. The van der Waals surface area contributed by atoms with E-state index in [4.69, 9.17) is 27.9 Å². The molecule has 0 aliphatic heterocycles. The average molecular weight is 464 g/mol. The lowest BCUT2D eigenvalue weighted by atomic mass is 10.0. The van der Waals surface area contributed by atoms with Crippen LogP contribution >= 0.6 is 23.2 Å². The summed E-state index contributed by atoms with van der Waals surface area (Å²) in [6.07, 6.45) is 1.53. The number of carbonyl (C=O) groups is 2. The van der Waals surface area contributed by atoms with Gasteiger partial charge in [0.25, 0.3) is 11.8 Å². The fourth-order valence-electron chi connectivity index (χ4n) is 2.55. The van der Waals surface area contributed by atoms with Gasteiger partial charge in [-0.3, -0.25) is 9.59 Å². The van der Waals surface area contributed by atoms with E-state index < -0.39 is 17.9 Å². The van der Waals surface area contributed by atoms with Crippen molar-refractivity contribution in [3.63, 3.8) is 0 Å². The Morgan fingerprint density at radius 3 is 2.29 bits per heavy atom. The predicted molar refractivity (Wildman–Crippen MR) is 125 cm³/mol. The van der Waals surface area contributed by atoms with Gasteiger partial charge >= 0.3 is 0 Å². The maximum Gasteiger partial charge on any atom is 0.262 e. The van der Waals surface area contributed by atoms with E-state index in [0.29, 0.717) is 23.1 Å². The van der Waals surface area contributed by atoms with Gasteiger partial charge in [-0.25, -0.2) is 5.43 Å². The van der Waals surface area contributed by atoms with Crippen LogP contribution < -0.4 is 15.5 Å². The van der Waals surface area contributed by atoms with Gasteiger partial charge in [0.1, 0.15) is 11.8 Å². The Labute approximate surface area is 193 Å². The third-order valence-electron chi connectivity index (χ3n) is 4.27. The van der Waals surface area contributed by atoms with Gasteiger partial charge in [0.15, 0.2) is 0 Å². The molecule has 1 atom stereocenters. The van der Waals surface area contributed by atoms with Gasteiger partial charge in [-0.05, 0) is 59.9 Å². The lowest BCUT2D eigenvalue weighted by Gasteiger charge is -2.20. The number of hydrogen-bond donors (Lipinski definition) is 2. The average Bonchev–Trinajstić information content (AvgIpc) is 2.72. The van der Waals surface area contributed by atoms with E-state index >= 15 is 0 Å². The molecular weight excluding hydrogens is 437 g/mol. The summed E-state index contributed by atoms with van der Waals surface area (Å²) in [5.74, 6) is 0.228.